The van der Waals surface area contributed by atoms with Crippen molar-refractivity contribution in [3.8, 4) is 0 Å². The van der Waals surface area contributed by atoms with Gasteiger partial charge in [0.1, 0.15) is 6.61 Å². The van der Waals surface area contributed by atoms with Gasteiger partial charge in [-0.05, 0) is 30.2 Å². The number of amides is 1. The van der Waals surface area contributed by atoms with E-state index in [1.807, 2.05) is 30.3 Å². The van der Waals surface area contributed by atoms with Crippen LogP contribution in [0.4, 0.5) is 10.5 Å². The maximum absolute atomic E-state index is 11.8. The summed E-state index contributed by atoms with van der Waals surface area (Å²) in [5.41, 5.74) is 1.85. The molecule has 0 aliphatic rings. The molecule has 0 atom stereocenters. The molecule has 5 nitrogen and oxygen atoms in total. The van der Waals surface area contributed by atoms with E-state index in [-0.39, 0.29) is 17.2 Å². The topological polar surface area (TPSA) is 75.6 Å². The van der Waals surface area contributed by atoms with Gasteiger partial charge in [-0.2, -0.15) is 0 Å². The zero-order chi connectivity index (χ0) is 16.1. The van der Waals surface area contributed by atoms with Crippen LogP contribution in [-0.2, 0) is 11.3 Å². The average molecular weight is 320 g/mol. The number of halogens is 1. The lowest BCUT2D eigenvalue weighted by atomic mass is 10.1. The number of hydrogen-bond acceptors (Lipinski definition) is 3. The first-order chi connectivity index (χ1) is 10.5. The normalized spacial score (nSPS) is 10.1. The Labute approximate surface area is 132 Å². The van der Waals surface area contributed by atoms with Crippen LogP contribution in [0, 0.1) is 6.92 Å². The number of carboxylic acid groups (broad SMARTS) is 1. The molecule has 0 saturated carbocycles. The molecule has 2 rings (SSSR count). The van der Waals surface area contributed by atoms with Gasteiger partial charge in [-0.25, -0.2) is 9.59 Å². The van der Waals surface area contributed by atoms with Crippen molar-refractivity contribution in [1.82, 2.24) is 0 Å². The number of rotatable bonds is 4. The molecule has 0 spiro atoms. The minimum absolute atomic E-state index is 0.0117. The van der Waals surface area contributed by atoms with Gasteiger partial charge in [0.05, 0.1) is 10.6 Å². The second-order valence-electron chi connectivity index (χ2n) is 4.64. The molecule has 22 heavy (non-hydrogen) atoms. The molecule has 0 saturated heterocycles. The van der Waals surface area contributed by atoms with Crippen molar-refractivity contribution < 1.29 is 19.4 Å². The number of nitrogens with one attached hydrogen (secondary N) is 1. The Hall–Kier alpha value is -2.53. The number of carboxylic acids is 1. The monoisotopic (exact) mass is 319 g/mol. The van der Waals surface area contributed by atoms with E-state index in [4.69, 9.17) is 21.4 Å². The zero-order valence-electron chi connectivity index (χ0n) is 11.8. The number of anilines is 1. The van der Waals surface area contributed by atoms with Crippen molar-refractivity contribution in [2.45, 2.75) is 13.5 Å². The third-order valence-corrected chi connectivity index (χ3v) is 3.31. The highest BCUT2D eigenvalue weighted by molar-refractivity contribution is 6.33. The standard InChI is InChI=1S/C16H14ClNO4/c1-10-7-12(15(19)20)13(17)8-14(10)18-16(21)22-9-11-5-3-2-4-6-11/h2-8H,9H2,1H3,(H,18,21)(H,19,20). The molecule has 1 amide bonds. The molecular weight excluding hydrogens is 306 g/mol. The van der Waals surface area contributed by atoms with E-state index in [2.05, 4.69) is 5.32 Å². The molecule has 0 aliphatic heterocycles. The van der Waals surface area contributed by atoms with Gasteiger partial charge in [0.15, 0.2) is 0 Å². The summed E-state index contributed by atoms with van der Waals surface area (Å²) in [6.07, 6.45) is -0.633. The molecule has 0 heterocycles. The van der Waals surface area contributed by atoms with Crippen LogP contribution in [0.5, 0.6) is 0 Å². The predicted molar refractivity (Wildman–Crippen MR) is 83.4 cm³/mol. The summed E-state index contributed by atoms with van der Waals surface area (Å²) in [6, 6.07) is 12.1. The van der Waals surface area contributed by atoms with E-state index in [0.29, 0.717) is 11.3 Å². The summed E-state index contributed by atoms with van der Waals surface area (Å²) in [5.74, 6) is -1.12. The minimum atomic E-state index is -1.12. The fourth-order valence-corrected chi connectivity index (χ4v) is 2.09. The number of ether oxygens (including phenoxy) is 1. The highest BCUT2D eigenvalue weighted by Crippen LogP contribution is 2.25. The predicted octanol–water partition coefficient (Wildman–Crippen LogP) is 4.10. The van der Waals surface area contributed by atoms with Crippen molar-refractivity contribution in [1.29, 1.82) is 0 Å². The van der Waals surface area contributed by atoms with Gasteiger partial charge >= 0.3 is 12.1 Å². The molecule has 2 N–H and O–H groups in total. The molecular formula is C16H14ClNO4. The van der Waals surface area contributed by atoms with E-state index in [1.54, 1.807) is 6.92 Å². The Morgan fingerprint density at radius 3 is 2.55 bits per heavy atom. The quantitative estimate of drug-likeness (QED) is 0.889. The van der Waals surface area contributed by atoms with Gasteiger partial charge in [0.25, 0.3) is 0 Å². The highest BCUT2D eigenvalue weighted by Gasteiger charge is 2.13. The Kier molecular flexibility index (Phi) is 5.01. The highest BCUT2D eigenvalue weighted by atomic mass is 35.5. The van der Waals surface area contributed by atoms with Crippen LogP contribution in [0.2, 0.25) is 5.02 Å². The average Bonchev–Trinajstić information content (AvgIpc) is 2.49. The lowest BCUT2D eigenvalue weighted by Crippen LogP contribution is -2.14. The van der Waals surface area contributed by atoms with Gasteiger partial charge < -0.3 is 9.84 Å². The first-order valence-electron chi connectivity index (χ1n) is 6.48. The molecule has 0 unspecified atom stereocenters. The summed E-state index contributed by atoms with van der Waals surface area (Å²) in [7, 11) is 0. The van der Waals surface area contributed by atoms with Crippen LogP contribution in [0.25, 0.3) is 0 Å². The van der Waals surface area contributed by atoms with E-state index >= 15 is 0 Å². The van der Waals surface area contributed by atoms with Crippen LogP contribution in [0.3, 0.4) is 0 Å². The Morgan fingerprint density at radius 1 is 1.23 bits per heavy atom. The first kappa shape index (κ1) is 15.9. The fourth-order valence-electron chi connectivity index (χ4n) is 1.85. The Morgan fingerprint density at radius 2 is 1.91 bits per heavy atom. The van der Waals surface area contributed by atoms with E-state index in [9.17, 15) is 9.59 Å². The molecule has 6 heteroatoms. The molecule has 0 radical (unpaired) electrons. The lowest BCUT2D eigenvalue weighted by Gasteiger charge is -2.11. The van der Waals surface area contributed by atoms with E-state index in [1.165, 1.54) is 12.1 Å². The lowest BCUT2D eigenvalue weighted by molar-refractivity contribution is 0.0697. The van der Waals surface area contributed by atoms with Crippen LogP contribution in [-0.4, -0.2) is 17.2 Å². The minimum Gasteiger partial charge on any atom is -0.478 e. The van der Waals surface area contributed by atoms with E-state index in [0.717, 1.165) is 5.56 Å². The van der Waals surface area contributed by atoms with Gasteiger partial charge in [-0.3, -0.25) is 5.32 Å². The Balaban J connectivity index is 2.02. The maximum atomic E-state index is 11.8. The largest absolute Gasteiger partial charge is 0.478 e. The Bertz CT molecular complexity index is 701. The van der Waals surface area contributed by atoms with Crippen LogP contribution in [0.1, 0.15) is 21.5 Å². The van der Waals surface area contributed by atoms with Crippen LogP contribution in [0.15, 0.2) is 42.5 Å². The SMILES string of the molecule is Cc1cc(C(=O)O)c(Cl)cc1NC(=O)OCc1ccccc1. The number of carbonyl (C=O) groups excluding carboxylic acids is 1. The molecule has 0 fully saturated rings. The summed E-state index contributed by atoms with van der Waals surface area (Å²) in [4.78, 5) is 22.7. The summed E-state index contributed by atoms with van der Waals surface area (Å²) in [6.45, 7) is 1.82. The van der Waals surface area contributed by atoms with Gasteiger partial charge in [0, 0.05) is 5.69 Å². The molecule has 114 valence electrons. The molecule has 0 bridgehead atoms. The van der Waals surface area contributed by atoms with Gasteiger partial charge in [0.2, 0.25) is 0 Å². The fraction of sp³-hybridized carbons (Fsp3) is 0.125. The first-order valence-corrected chi connectivity index (χ1v) is 6.86. The van der Waals surface area contributed by atoms with E-state index < -0.39 is 12.1 Å². The molecule has 2 aromatic carbocycles. The second kappa shape index (κ2) is 6.95. The number of carbonyl (C=O) groups is 2. The van der Waals surface area contributed by atoms with Crippen molar-refractivity contribution in [2.24, 2.45) is 0 Å². The van der Waals surface area contributed by atoms with Crippen molar-refractivity contribution in [3.63, 3.8) is 0 Å². The number of aryl methyl sites for hydroxylation is 1. The summed E-state index contributed by atoms with van der Waals surface area (Å²) in [5, 5.41) is 11.6. The van der Waals surface area contributed by atoms with Crippen molar-refractivity contribution >= 4 is 29.4 Å². The third kappa shape index (κ3) is 3.99. The number of hydrogen-bond donors (Lipinski definition) is 2. The van der Waals surface area contributed by atoms with Crippen LogP contribution < -0.4 is 5.32 Å². The number of benzene rings is 2. The van der Waals surface area contributed by atoms with Crippen molar-refractivity contribution in [3.05, 3.63) is 64.2 Å². The summed E-state index contributed by atoms with van der Waals surface area (Å²) < 4.78 is 5.10. The van der Waals surface area contributed by atoms with Gasteiger partial charge in [-0.15, -0.1) is 0 Å². The number of aromatic carboxylic acids is 1. The third-order valence-electron chi connectivity index (χ3n) is 2.99. The molecule has 0 aliphatic carbocycles. The molecule has 2 aromatic rings. The maximum Gasteiger partial charge on any atom is 0.411 e. The van der Waals surface area contributed by atoms with Gasteiger partial charge in [-0.1, -0.05) is 41.9 Å². The summed E-state index contributed by atoms with van der Waals surface area (Å²) >= 11 is 5.88. The van der Waals surface area contributed by atoms with Crippen LogP contribution >= 0.6 is 11.6 Å². The smallest absolute Gasteiger partial charge is 0.411 e. The molecule has 0 aromatic heterocycles. The van der Waals surface area contributed by atoms with Crippen molar-refractivity contribution in [2.75, 3.05) is 5.32 Å². The second-order valence-corrected chi connectivity index (χ2v) is 5.05. The zero-order valence-corrected chi connectivity index (χ0v) is 12.6.